The molecule has 5 nitrogen and oxygen atoms in total. The van der Waals surface area contributed by atoms with Crippen LogP contribution in [0.1, 0.15) is 30.9 Å². The van der Waals surface area contributed by atoms with Crippen molar-refractivity contribution in [3.05, 3.63) is 34.9 Å². The number of halogens is 3. The van der Waals surface area contributed by atoms with E-state index in [1.165, 1.54) is 6.42 Å². The summed E-state index contributed by atoms with van der Waals surface area (Å²) < 4.78 is 5.49. The summed E-state index contributed by atoms with van der Waals surface area (Å²) in [6.07, 6.45) is 3.45. The number of nitrogens with one attached hydrogen (secondary N) is 1. The minimum absolute atomic E-state index is 0. The molecular formula is C20H30Cl3N3O2. The maximum absolute atomic E-state index is 12.9. The Kier molecular flexibility index (Phi) is 8.86. The fourth-order valence-corrected chi connectivity index (χ4v) is 5.37. The predicted octanol–water partition coefficient (Wildman–Crippen LogP) is 3.05. The lowest BCUT2D eigenvalue weighted by Gasteiger charge is -2.36. The van der Waals surface area contributed by atoms with Crippen LogP contribution in [0, 0.1) is 17.8 Å². The summed E-state index contributed by atoms with van der Waals surface area (Å²) in [5, 5.41) is 3.95. The van der Waals surface area contributed by atoms with E-state index in [9.17, 15) is 4.79 Å². The second-order valence-corrected chi connectivity index (χ2v) is 8.27. The number of fused-ring (bicyclic) bond motifs is 2. The highest BCUT2D eigenvalue weighted by Gasteiger charge is 2.49. The summed E-state index contributed by atoms with van der Waals surface area (Å²) in [6.45, 7) is 3.68. The lowest BCUT2D eigenvalue weighted by atomic mass is 9.84. The largest absolute Gasteiger partial charge is 0.379 e. The van der Waals surface area contributed by atoms with E-state index in [0.29, 0.717) is 31.6 Å². The van der Waals surface area contributed by atoms with Crippen molar-refractivity contribution in [3.63, 3.8) is 0 Å². The van der Waals surface area contributed by atoms with Crippen molar-refractivity contribution in [2.45, 2.75) is 31.3 Å². The highest BCUT2D eigenvalue weighted by atomic mass is 35.5. The van der Waals surface area contributed by atoms with Crippen molar-refractivity contribution in [2.24, 2.45) is 23.5 Å². The molecule has 2 bridgehead atoms. The molecule has 2 saturated carbocycles. The second-order valence-electron chi connectivity index (χ2n) is 7.87. The number of ether oxygens (including phenoxy) is 1. The third kappa shape index (κ3) is 4.77. The minimum Gasteiger partial charge on any atom is -0.379 e. The van der Waals surface area contributed by atoms with Crippen molar-refractivity contribution in [1.82, 2.24) is 10.2 Å². The van der Waals surface area contributed by atoms with Gasteiger partial charge in [-0.25, -0.2) is 0 Å². The van der Waals surface area contributed by atoms with Crippen LogP contribution >= 0.6 is 36.4 Å². The summed E-state index contributed by atoms with van der Waals surface area (Å²) >= 11 is 6.46. The third-order valence-corrected chi connectivity index (χ3v) is 6.85. The van der Waals surface area contributed by atoms with Gasteiger partial charge in [0.05, 0.1) is 25.2 Å². The zero-order valence-electron chi connectivity index (χ0n) is 15.9. The van der Waals surface area contributed by atoms with E-state index < -0.39 is 0 Å². The van der Waals surface area contributed by atoms with Crippen LogP contribution in [0.2, 0.25) is 5.02 Å². The Morgan fingerprint density at radius 3 is 2.54 bits per heavy atom. The Morgan fingerprint density at radius 2 is 1.89 bits per heavy atom. The van der Waals surface area contributed by atoms with Gasteiger partial charge < -0.3 is 15.8 Å². The first-order chi connectivity index (χ1) is 12.6. The molecule has 0 radical (unpaired) electrons. The molecule has 0 spiro atoms. The molecule has 0 aromatic heterocycles. The van der Waals surface area contributed by atoms with Gasteiger partial charge in [-0.1, -0.05) is 29.8 Å². The number of nitrogens with zero attached hydrogens (tertiary/aromatic N) is 1. The van der Waals surface area contributed by atoms with Gasteiger partial charge >= 0.3 is 0 Å². The number of hydrogen-bond donors (Lipinski definition) is 2. The molecule has 1 amide bonds. The monoisotopic (exact) mass is 449 g/mol. The topological polar surface area (TPSA) is 67.6 Å². The Hall–Kier alpha value is -0.560. The van der Waals surface area contributed by atoms with Crippen LogP contribution in [0.3, 0.4) is 0 Å². The molecule has 1 saturated heterocycles. The lowest BCUT2D eigenvalue weighted by Crippen LogP contribution is -2.48. The maximum atomic E-state index is 12.9. The number of hydrogen-bond acceptors (Lipinski definition) is 4. The third-order valence-electron chi connectivity index (χ3n) is 6.50. The van der Waals surface area contributed by atoms with Crippen molar-refractivity contribution in [1.29, 1.82) is 0 Å². The molecule has 1 aliphatic heterocycles. The molecule has 158 valence electrons. The van der Waals surface area contributed by atoms with Crippen LogP contribution in [-0.2, 0) is 9.53 Å². The maximum Gasteiger partial charge on any atom is 0.225 e. The van der Waals surface area contributed by atoms with Crippen molar-refractivity contribution < 1.29 is 9.53 Å². The number of carbonyl (C=O) groups excluding carboxylic acids is 1. The average molecular weight is 451 g/mol. The molecule has 1 aromatic carbocycles. The van der Waals surface area contributed by atoms with Gasteiger partial charge in [0.25, 0.3) is 0 Å². The number of benzene rings is 1. The lowest BCUT2D eigenvalue weighted by molar-refractivity contribution is -0.127. The van der Waals surface area contributed by atoms with E-state index in [2.05, 4.69) is 16.3 Å². The molecule has 2 aliphatic carbocycles. The summed E-state index contributed by atoms with van der Waals surface area (Å²) in [5.74, 6) is 1.10. The summed E-state index contributed by atoms with van der Waals surface area (Å²) in [6, 6.07) is 8.00. The molecule has 1 aromatic rings. The molecule has 3 N–H and O–H groups in total. The zero-order valence-corrected chi connectivity index (χ0v) is 18.3. The van der Waals surface area contributed by atoms with E-state index >= 15 is 0 Å². The smallest absolute Gasteiger partial charge is 0.225 e. The zero-order chi connectivity index (χ0) is 18.1. The summed E-state index contributed by atoms with van der Waals surface area (Å²) in [5.41, 5.74) is 7.40. The van der Waals surface area contributed by atoms with E-state index in [1.807, 2.05) is 18.2 Å². The van der Waals surface area contributed by atoms with Gasteiger partial charge in [0.2, 0.25) is 5.91 Å². The molecule has 5 unspecified atom stereocenters. The Bertz CT molecular complexity index is 655. The number of rotatable bonds is 5. The van der Waals surface area contributed by atoms with Gasteiger partial charge in [0.15, 0.2) is 0 Å². The van der Waals surface area contributed by atoms with Gasteiger partial charge in [0, 0.05) is 30.7 Å². The number of carbonyl (C=O) groups is 1. The van der Waals surface area contributed by atoms with Crippen LogP contribution < -0.4 is 11.1 Å². The van der Waals surface area contributed by atoms with Crippen LogP contribution in [0.4, 0.5) is 0 Å². The van der Waals surface area contributed by atoms with Crippen LogP contribution in [0.5, 0.6) is 0 Å². The Balaban J connectivity index is 0.00000140. The number of nitrogens with two attached hydrogens (primary N) is 1. The van der Waals surface area contributed by atoms with Gasteiger partial charge in [-0.05, 0) is 42.7 Å². The molecule has 5 atom stereocenters. The first-order valence-corrected chi connectivity index (χ1v) is 10.1. The molecule has 4 rings (SSSR count). The number of amides is 1. The van der Waals surface area contributed by atoms with Crippen molar-refractivity contribution in [2.75, 3.05) is 32.8 Å². The van der Waals surface area contributed by atoms with Crippen LogP contribution in [-0.4, -0.2) is 49.7 Å². The van der Waals surface area contributed by atoms with Crippen LogP contribution in [0.25, 0.3) is 0 Å². The minimum atomic E-state index is -0.0228. The highest BCUT2D eigenvalue weighted by Crippen LogP contribution is 2.47. The van der Waals surface area contributed by atoms with Gasteiger partial charge in [0.1, 0.15) is 0 Å². The standard InChI is InChI=1S/C20H28ClN3O2.2ClH/c21-16-4-2-1-3-15(16)17(24-7-9-26-10-8-24)12-23-20(25)18-13-5-6-14(11-13)19(18)22;;/h1-4,13-14,17-19H,5-12,22H2,(H,23,25);2*1H. The highest BCUT2D eigenvalue weighted by molar-refractivity contribution is 6.31. The quantitative estimate of drug-likeness (QED) is 0.723. The molecule has 1 heterocycles. The van der Waals surface area contributed by atoms with Gasteiger partial charge in [-0.15, -0.1) is 24.8 Å². The molecule has 8 heteroatoms. The normalized spacial score (nSPS) is 30.2. The van der Waals surface area contributed by atoms with E-state index in [1.54, 1.807) is 0 Å². The second kappa shape index (κ2) is 10.5. The van der Waals surface area contributed by atoms with Gasteiger partial charge in [-0.3, -0.25) is 9.69 Å². The Labute approximate surface area is 184 Å². The molecule has 3 fully saturated rings. The first-order valence-electron chi connectivity index (χ1n) is 9.74. The average Bonchev–Trinajstić information content (AvgIpc) is 3.25. The van der Waals surface area contributed by atoms with E-state index in [0.717, 1.165) is 36.5 Å². The van der Waals surface area contributed by atoms with E-state index in [4.69, 9.17) is 22.1 Å². The predicted molar refractivity (Wildman–Crippen MR) is 116 cm³/mol. The van der Waals surface area contributed by atoms with Crippen LogP contribution in [0.15, 0.2) is 24.3 Å². The fraction of sp³-hybridized carbons (Fsp3) is 0.650. The van der Waals surface area contributed by atoms with E-state index in [-0.39, 0.29) is 48.7 Å². The number of morpholine rings is 1. The summed E-state index contributed by atoms with van der Waals surface area (Å²) in [7, 11) is 0. The molecule has 3 aliphatic rings. The Morgan fingerprint density at radius 1 is 1.21 bits per heavy atom. The van der Waals surface area contributed by atoms with Crippen molar-refractivity contribution >= 4 is 42.3 Å². The summed E-state index contributed by atoms with van der Waals surface area (Å²) in [4.78, 5) is 15.2. The van der Waals surface area contributed by atoms with Crippen molar-refractivity contribution in [3.8, 4) is 0 Å². The SMILES string of the molecule is Cl.Cl.NC1C2CCC(C2)C1C(=O)NCC(c1ccccc1Cl)N1CCOCC1. The van der Waals surface area contributed by atoms with Gasteiger partial charge in [-0.2, -0.15) is 0 Å². The molecular weight excluding hydrogens is 421 g/mol. The fourth-order valence-electron chi connectivity index (χ4n) is 5.11. The molecule has 28 heavy (non-hydrogen) atoms. The first kappa shape index (κ1) is 23.7.